The van der Waals surface area contributed by atoms with E-state index in [1.165, 1.54) is 25.6 Å². The summed E-state index contributed by atoms with van der Waals surface area (Å²) in [4.78, 5) is 0. The van der Waals surface area contributed by atoms with Crippen LogP contribution in [0.2, 0.25) is 0 Å². The monoisotopic (exact) mass is 376 g/mol. The number of hydrogen-bond acceptors (Lipinski definition) is 1. The second-order valence-corrected chi connectivity index (χ2v) is 6.25. The molecule has 1 heterocycles. The zero-order valence-corrected chi connectivity index (χ0v) is 13.4. The molecule has 3 heteroatoms. The molecule has 2 aromatic carbocycles. The van der Waals surface area contributed by atoms with Gasteiger partial charge in [0, 0.05) is 21.8 Å². The van der Waals surface area contributed by atoms with Crippen LogP contribution in [0.1, 0.15) is 11.1 Å². The van der Waals surface area contributed by atoms with Crippen molar-refractivity contribution in [2.45, 2.75) is 13.0 Å². The lowest BCUT2D eigenvalue weighted by Crippen LogP contribution is -2.02. The van der Waals surface area contributed by atoms with Gasteiger partial charge in [-0.15, -0.1) is 0 Å². The van der Waals surface area contributed by atoms with Crippen LogP contribution in [0.5, 0.6) is 0 Å². The lowest BCUT2D eigenvalue weighted by molar-refractivity contribution is 0.836. The third kappa shape index (κ3) is 2.88. The van der Waals surface area contributed by atoms with E-state index in [4.69, 9.17) is 5.73 Å². The Morgan fingerprint density at radius 3 is 2.45 bits per heavy atom. The van der Waals surface area contributed by atoms with E-state index in [2.05, 4.69) is 81.9 Å². The van der Waals surface area contributed by atoms with Gasteiger partial charge < -0.3 is 10.3 Å². The fourth-order valence-corrected chi connectivity index (χ4v) is 2.86. The molecule has 3 aromatic rings. The average molecular weight is 376 g/mol. The van der Waals surface area contributed by atoms with Gasteiger partial charge in [-0.2, -0.15) is 0 Å². The first kappa shape index (κ1) is 13.6. The molecule has 20 heavy (non-hydrogen) atoms. The van der Waals surface area contributed by atoms with Crippen LogP contribution < -0.4 is 5.73 Å². The molecular weight excluding hydrogens is 359 g/mol. The van der Waals surface area contributed by atoms with Crippen molar-refractivity contribution >= 4 is 33.5 Å². The summed E-state index contributed by atoms with van der Waals surface area (Å²) >= 11 is 2.33. The van der Waals surface area contributed by atoms with E-state index < -0.39 is 0 Å². The fourth-order valence-electron chi connectivity index (χ4n) is 2.50. The van der Waals surface area contributed by atoms with E-state index in [-0.39, 0.29) is 0 Å². The van der Waals surface area contributed by atoms with Gasteiger partial charge in [0.25, 0.3) is 0 Å². The summed E-state index contributed by atoms with van der Waals surface area (Å²) in [7, 11) is 0. The molecule has 102 valence electrons. The molecule has 0 aliphatic heterocycles. The lowest BCUT2D eigenvalue weighted by Gasteiger charge is -2.07. The number of halogens is 1. The van der Waals surface area contributed by atoms with E-state index >= 15 is 0 Å². The summed E-state index contributed by atoms with van der Waals surface area (Å²) < 4.78 is 3.57. The minimum atomic E-state index is 0.703. The molecule has 0 saturated carbocycles. The van der Waals surface area contributed by atoms with Gasteiger partial charge in [0.1, 0.15) is 0 Å². The summed E-state index contributed by atoms with van der Waals surface area (Å²) in [6, 6.07) is 17.5. The largest absolute Gasteiger partial charge is 0.343 e. The Labute approximate surface area is 132 Å². The Bertz CT molecular complexity index is 713. The van der Waals surface area contributed by atoms with Crippen LogP contribution in [0.15, 0.2) is 54.7 Å². The number of nitrogens with zero attached hydrogens (tertiary/aromatic N) is 1. The van der Waals surface area contributed by atoms with Crippen molar-refractivity contribution < 1.29 is 0 Å². The maximum Gasteiger partial charge on any atom is 0.0483 e. The van der Waals surface area contributed by atoms with Crippen LogP contribution in [0.25, 0.3) is 10.9 Å². The van der Waals surface area contributed by atoms with Crippen molar-refractivity contribution in [3.05, 3.63) is 69.4 Å². The van der Waals surface area contributed by atoms with Crippen molar-refractivity contribution in [1.82, 2.24) is 4.57 Å². The topological polar surface area (TPSA) is 30.9 Å². The van der Waals surface area contributed by atoms with E-state index in [0.29, 0.717) is 6.54 Å². The van der Waals surface area contributed by atoms with Gasteiger partial charge in [0.2, 0.25) is 0 Å². The molecular formula is C17H17IN2. The second-order valence-electron chi connectivity index (χ2n) is 5.00. The van der Waals surface area contributed by atoms with Crippen molar-refractivity contribution in [2.75, 3.05) is 6.54 Å². The van der Waals surface area contributed by atoms with Gasteiger partial charge in [0.15, 0.2) is 0 Å². The zero-order chi connectivity index (χ0) is 13.9. The van der Waals surface area contributed by atoms with Crippen LogP contribution in [-0.4, -0.2) is 11.1 Å². The normalized spacial score (nSPS) is 11.1. The van der Waals surface area contributed by atoms with Crippen molar-refractivity contribution in [3.8, 4) is 0 Å². The third-order valence-electron chi connectivity index (χ3n) is 3.53. The predicted octanol–water partition coefficient (Wildman–Crippen LogP) is 3.80. The highest BCUT2D eigenvalue weighted by Gasteiger charge is 2.03. The number of nitrogens with two attached hydrogens (primary N) is 1. The summed E-state index contributed by atoms with van der Waals surface area (Å²) in [6.07, 6.45) is 3.10. The van der Waals surface area contributed by atoms with Crippen LogP contribution >= 0.6 is 22.6 Å². The van der Waals surface area contributed by atoms with Crippen LogP contribution in [0.4, 0.5) is 0 Å². The lowest BCUT2D eigenvalue weighted by atomic mass is 10.1. The fraction of sp³-hybridized carbons (Fsp3) is 0.176. The molecule has 1 aromatic heterocycles. The standard InChI is InChI=1S/C17H17IN2/c18-16-4-1-14(2-5-16)12-20-10-8-15-11-13(7-9-19)3-6-17(15)20/h1-6,8,10-11H,7,9,12,19H2. The number of fused-ring (bicyclic) bond motifs is 1. The van der Waals surface area contributed by atoms with Crippen molar-refractivity contribution in [2.24, 2.45) is 5.73 Å². The molecule has 0 bridgehead atoms. The highest BCUT2D eigenvalue weighted by atomic mass is 127. The van der Waals surface area contributed by atoms with Crippen LogP contribution in [0.3, 0.4) is 0 Å². The van der Waals surface area contributed by atoms with E-state index in [0.717, 1.165) is 13.0 Å². The highest BCUT2D eigenvalue weighted by molar-refractivity contribution is 14.1. The number of hydrogen-bond donors (Lipinski definition) is 1. The molecule has 0 fully saturated rings. The highest BCUT2D eigenvalue weighted by Crippen LogP contribution is 2.19. The second kappa shape index (κ2) is 5.97. The minimum absolute atomic E-state index is 0.703. The Balaban J connectivity index is 1.90. The molecule has 0 radical (unpaired) electrons. The Morgan fingerprint density at radius 2 is 1.70 bits per heavy atom. The average Bonchev–Trinajstić information content (AvgIpc) is 2.84. The number of rotatable bonds is 4. The van der Waals surface area contributed by atoms with Crippen molar-refractivity contribution in [3.63, 3.8) is 0 Å². The summed E-state index contributed by atoms with van der Waals surface area (Å²) in [5.41, 5.74) is 9.54. The maximum atomic E-state index is 5.62. The Morgan fingerprint density at radius 1 is 0.950 bits per heavy atom. The summed E-state index contributed by atoms with van der Waals surface area (Å²) in [6.45, 7) is 1.62. The zero-order valence-electron chi connectivity index (χ0n) is 11.2. The number of benzene rings is 2. The van der Waals surface area contributed by atoms with Gasteiger partial charge in [-0.25, -0.2) is 0 Å². The van der Waals surface area contributed by atoms with Gasteiger partial charge >= 0.3 is 0 Å². The van der Waals surface area contributed by atoms with Crippen molar-refractivity contribution in [1.29, 1.82) is 0 Å². The summed E-state index contributed by atoms with van der Waals surface area (Å²) in [5, 5.41) is 1.29. The maximum absolute atomic E-state index is 5.62. The molecule has 0 aliphatic carbocycles. The predicted molar refractivity (Wildman–Crippen MR) is 93.0 cm³/mol. The van der Waals surface area contributed by atoms with E-state index in [1.807, 2.05) is 0 Å². The van der Waals surface area contributed by atoms with Gasteiger partial charge in [-0.05, 0) is 82.4 Å². The quantitative estimate of drug-likeness (QED) is 0.690. The van der Waals surface area contributed by atoms with E-state index in [9.17, 15) is 0 Å². The Kier molecular flexibility index (Phi) is 4.08. The molecule has 0 atom stereocenters. The molecule has 0 unspecified atom stereocenters. The smallest absolute Gasteiger partial charge is 0.0483 e. The molecule has 0 saturated heterocycles. The molecule has 0 spiro atoms. The van der Waals surface area contributed by atoms with Gasteiger partial charge in [-0.3, -0.25) is 0 Å². The summed E-state index contributed by atoms with van der Waals surface area (Å²) in [5.74, 6) is 0. The van der Waals surface area contributed by atoms with Crippen LogP contribution in [-0.2, 0) is 13.0 Å². The SMILES string of the molecule is NCCc1ccc2c(ccn2Cc2ccc(I)cc2)c1. The molecule has 0 amide bonds. The molecule has 0 aliphatic rings. The minimum Gasteiger partial charge on any atom is -0.343 e. The van der Waals surface area contributed by atoms with Crippen LogP contribution in [0, 0.1) is 3.57 Å². The van der Waals surface area contributed by atoms with Gasteiger partial charge in [0.05, 0.1) is 0 Å². The number of aromatic nitrogens is 1. The first-order valence-electron chi connectivity index (χ1n) is 6.78. The molecule has 2 N–H and O–H groups in total. The van der Waals surface area contributed by atoms with Gasteiger partial charge in [-0.1, -0.05) is 18.2 Å². The molecule has 2 nitrogen and oxygen atoms in total. The molecule has 3 rings (SSSR count). The van der Waals surface area contributed by atoms with E-state index in [1.54, 1.807) is 0 Å². The Hall–Kier alpha value is -1.33. The first-order valence-corrected chi connectivity index (χ1v) is 7.86. The first-order chi connectivity index (χ1) is 9.76. The third-order valence-corrected chi connectivity index (χ3v) is 4.25.